The highest BCUT2D eigenvalue weighted by Crippen LogP contribution is 2.30. The second-order valence-electron chi connectivity index (χ2n) is 9.02. The van der Waals surface area contributed by atoms with Gasteiger partial charge in [0.2, 0.25) is 0 Å². The Bertz CT molecular complexity index is 791. The fraction of sp³-hybridized carbons (Fsp3) is 0.556. The van der Waals surface area contributed by atoms with Crippen LogP contribution in [0.4, 0.5) is 0 Å². The summed E-state index contributed by atoms with van der Waals surface area (Å²) in [4.78, 5) is 2.43. The van der Waals surface area contributed by atoms with Gasteiger partial charge in [-0.05, 0) is 93.2 Å². The first kappa shape index (κ1) is 23.0. The first-order valence-electron chi connectivity index (χ1n) is 11.9. The van der Waals surface area contributed by atoms with Gasteiger partial charge in [-0.25, -0.2) is 0 Å². The van der Waals surface area contributed by atoms with Crippen molar-refractivity contribution < 1.29 is 0 Å². The molecule has 0 unspecified atom stereocenters. The van der Waals surface area contributed by atoms with Crippen molar-refractivity contribution >= 4 is 0 Å². The zero-order valence-corrected chi connectivity index (χ0v) is 19.6. The number of unbranched alkanes of at least 4 members (excludes halogenated alkanes) is 2. The van der Waals surface area contributed by atoms with Crippen LogP contribution in [0.1, 0.15) is 61.3 Å². The summed E-state index contributed by atoms with van der Waals surface area (Å²) in [5, 5.41) is 7.44. The highest BCUT2D eigenvalue weighted by atomic mass is 15.1. The van der Waals surface area contributed by atoms with Gasteiger partial charge < -0.3 is 15.5 Å². The Balaban J connectivity index is 1.68. The largest absolute Gasteiger partial charge is 0.313 e. The molecule has 1 aliphatic heterocycles. The van der Waals surface area contributed by atoms with Gasteiger partial charge in [0.1, 0.15) is 0 Å². The van der Waals surface area contributed by atoms with Crippen LogP contribution in [0.25, 0.3) is 11.1 Å². The molecule has 1 aliphatic rings. The summed E-state index contributed by atoms with van der Waals surface area (Å²) >= 11 is 0. The van der Waals surface area contributed by atoms with Crippen molar-refractivity contribution in [3.63, 3.8) is 0 Å². The molecule has 3 rings (SSSR count). The van der Waals surface area contributed by atoms with Crippen LogP contribution in [-0.2, 0) is 13.1 Å². The van der Waals surface area contributed by atoms with Crippen molar-refractivity contribution in [3.8, 4) is 11.1 Å². The average Bonchev–Trinajstić information content (AvgIpc) is 2.75. The summed E-state index contributed by atoms with van der Waals surface area (Å²) in [6, 6.07) is 14.2. The molecule has 0 aromatic heterocycles. The van der Waals surface area contributed by atoms with E-state index in [-0.39, 0.29) is 0 Å². The predicted molar refractivity (Wildman–Crippen MR) is 130 cm³/mol. The molecule has 0 spiro atoms. The minimum atomic E-state index is 0.646. The maximum Gasteiger partial charge on any atom is 0.0210 e. The highest BCUT2D eigenvalue weighted by molar-refractivity contribution is 5.72. The lowest BCUT2D eigenvalue weighted by atomic mass is 9.91. The van der Waals surface area contributed by atoms with Crippen LogP contribution in [0.2, 0.25) is 0 Å². The van der Waals surface area contributed by atoms with Crippen LogP contribution in [0, 0.1) is 13.8 Å². The van der Waals surface area contributed by atoms with E-state index in [0.717, 1.165) is 19.6 Å². The molecular weight excluding hydrogens is 366 g/mol. The molecule has 0 bridgehead atoms. The second-order valence-corrected chi connectivity index (χ2v) is 9.02. The average molecular weight is 408 g/mol. The number of nitrogens with one attached hydrogen (secondary N) is 2. The molecule has 3 heteroatoms. The van der Waals surface area contributed by atoms with Crippen LogP contribution in [-0.4, -0.2) is 37.6 Å². The summed E-state index contributed by atoms with van der Waals surface area (Å²) < 4.78 is 0. The molecule has 3 nitrogen and oxygen atoms in total. The molecule has 30 heavy (non-hydrogen) atoms. The van der Waals surface area contributed by atoms with E-state index in [0.29, 0.717) is 6.04 Å². The van der Waals surface area contributed by atoms with E-state index in [1.54, 1.807) is 0 Å². The lowest BCUT2D eigenvalue weighted by Crippen LogP contribution is -2.40. The van der Waals surface area contributed by atoms with E-state index in [2.05, 4.69) is 79.8 Å². The molecule has 1 fully saturated rings. The molecule has 2 N–H and O–H groups in total. The van der Waals surface area contributed by atoms with Gasteiger partial charge in [0.15, 0.2) is 0 Å². The fourth-order valence-corrected chi connectivity index (χ4v) is 4.52. The molecular formula is C27H41N3. The monoisotopic (exact) mass is 407 g/mol. The number of benzene rings is 2. The normalized spacial score (nSPS) is 15.6. The van der Waals surface area contributed by atoms with Crippen LogP contribution in [0.5, 0.6) is 0 Å². The van der Waals surface area contributed by atoms with Crippen molar-refractivity contribution in [3.05, 3.63) is 58.7 Å². The standard InChI is InChI=1S/C27H41N3/c1-5-6-7-16-28-19-23-10-8-12-26(21(23)2)27-13-9-11-24(22(27)3)20-29-25-14-17-30(4)18-15-25/h8-13,25,28-29H,5-7,14-20H2,1-4H3. The Hall–Kier alpha value is -1.68. The first-order chi connectivity index (χ1) is 14.6. The van der Waals surface area contributed by atoms with Gasteiger partial charge in [-0.3, -0.25) is 0 Å². The third-order valence-corrected chi connectivity index (χ3v) is 6.75. The number of nitrogens with zero attached hydrogens (tertiary/aromatic N) is 1. The predicted octanol–water partition coefficient (Wildman–Crippen LogP) is 5.43. The van der Waals surface area contributed by atoms with Gasteiger partial charge in [0, 0.05) is 19.1 Å². The summed E-state index contributed by atoms with van der Waals surface area (Å²) in [5.41, 5.74) is 8.41. The van der Waals surface area contributed by atoms with Gasteiger partial charge in [0.05, 0.1) is 0 Å². The second kappa shape index (κ2) is 11.6. The Morgan fingerprint density at radius 3 is 2.07 bits per heavy atom. The van der Waals surface area contributed by atoms with E-state index in [9.17, 15) is 0 Å². The number of hydrogen-bond acceptors (Lipinski definition) is 3. The number of piperidine rings is 1. The molecule has 1 saturated heterocycles. The van der Waals surface area contributed by atoms with E-state index in [1.165, 1.54) is 78.6 Å². The quantitative estimate of drug-likeness (QED) is 0.514. The van der Waals surface area contributed by atoms with Crippen LogP contribution in [0.3, 0.4) is 0 Å². The Morgan fingerprint density at radius 2 is 1.47 bits per heavy atom. The maximum absolute atomic E-state index is 3.81. The van der Waals surface area contributed by atoms with Gasteiger partial charge in [0.25, 0.3) is 0 Å². The van der Waals surface area contributed by atoms with Crippen molar-refractivity contribution in [2.45, 2.75) is 72.0 Å². The van der Waals surface area contributed by atoms with Gasteiger partial charge in [-0.2, -0.15) is 0 Å². The third kappa shape index (κ3) is 6.16. The molecule has 1 heterocycles. The SMILES string of the molecule is CCCCCNCc1cccc(-c2cccc(CNC3CCN(C)CC3)c2C)c1C. The Labute approximate surface area is 184 Å². The summed E-state index contributed by atoms with van der Waals surface area (Å²) in [6.07, 6.45) is 6.35. The Kier molecular flexibility index (Phi) is 8.92. The zero-order chi connectivity index (χ0) is 21.3. The fourth-order valence-electron chi connectivity index (χ4n) is 4.52. The summed E-state index contributed by atoms with van der Waals surface area (Å²) in [5.74, 6) is 0. The van der Waals surface area contributed by atoms with Gasteiger partial charge >= 0.3 is 0 Å². The minimum absolute atomic E-state index is 0.646. The lowest BCUT2D eigenvalue weighted by Gasteiger charge is -2.30. The van der Waals surface area contributed by atoms with Gasteiger partial charge in [-0.1, -0.05) is 56.2 Å². The molecule has 0 saturated carbocycles. The van der Waals surface area contributed by atoms with E-state index >= 15 is 0 Å². The number of rotatable bonds is 10. The minimum Gasteiger partial charge on any atom is -0.313 e. The van der Waals surface area contributed by atoms with Gasteiger partial charge in [-0.15, -0.1) is 0 Å². The highest BCUT2D eigenvalue weighted by Gasteiger charge is 2.17. The summed E-state index contributed by atoms with van der Waals surface area (Å²) in [7, 11) is 2.22. The molecule has 2 aromatic carbocycles. The lowest BCUT2D eigenvalue weighted by molar-refractivity contribution is 0.234. The van der Waals surface area contributed by atoms with E-state index in [4.69, 9.17) is 0 Å². The molecule has 0 aliphatic carbocycles. The molecule has 2 aromatic rings. The van der Waals surface area contributed by atoms with Crippen molar-refractivity contribution in [1.82, 2.24) is 15.5 Å². The molecule has 0 amide bonds. The van der Waals surface area contributed by atoms with Crippen molar-refractivity contribution in [2.24, 2.45) is 0 Å². The maximum atomic E-state index is 3.81. The van der Waals surface area contributed by atoms with Crippen molar-refractivity contribution in [1.29, 1.82) is 0 Å². The number of hydrogen-bond donors (Lipinski definition) is 2. The topological polar surface area (TPSA) is 27.3 Å². The summed E-state index contributed by atoms with van der Waals surface area (Å²) in [6.45, 7) is 12.3. The van der Waals surface area contributed by atoms with E-state index in [1.807, 2.05) is 0 Å². The smallest absolute Gasteiger partial charge is 0.0210 e. The molecule has 164 valence electrons. The zero-order valence-electron chi connectivity index (χ0n) is 19.6. The van der Waals surface area contributed by atoms with Crippen LogP contribution in [0.15, 0.2) is 36.4 Å². The number of likely N-dealkylation sites (tertiary alicyclic amines) is 1. The molecule has 0 radical (unpaired) electrons. The third-order valence-electron chi connectivity index (χ3n) is 6.75. The molecule has 0 atom stereocenters. The van der Waals surface area contributed by atoms with E-state index < -0.39 is 0 Å². The van der Waals surface area contributed by atoms with Crippen LogP contribution >= 0.6 is 0 Å². The van der Waals surface area contributed by atoms with Crippen LogP contribution < -0.4 is 10.6 Å². The first-order valence-corrected chi connectivity index (χ1v) is 11.9. The van der Waals surface area contributed by atoms with Crippen molar-refractivity contribution in [2.75, 3.05) is 26.7 Å². The Morgan fingerprint density at radius 1 is 0.867 bits per heavy atom.